The summed E-state index contributed by atoms with van der Waals surface area (Å²) < 4.78 is 11.1. The number of nitrogens with zero attached hydrogens (tertiary/aromatic N) is 2. The highest BCUT2D eigenvalue weighted by Gasteiger charge is 2.16. The highest BCUT2D eigenvalue weighted by atomic mass is 32.2. The first kappa shape index (κ1) is 21.9. The fraction of sp³-hybridized carbons (Fsp3) is 0.318. The highest BCUT2D eigenvalue weighted by Crippen LogP contribution is 2.16. The van der Waals surface area contributed by atoms with E-state index in [9.17, 15) is 4.79 Å². The topological polar surface area (TPSA) is 98.3 Å². The molecule has 2 aromatic carbocycles. The molecule has 1 unspecified atom stereocenters. The quantitative estimate of drug-likeness (QED) is 0.365. The number of nitrogens with one attached hydrogen (secondary N) is 1. The Bertz CT molecular complexity index is 868. The lowest BCUT2D eigenvalue weighted by Gasteiger charge is -2.12. The van der Waals surface area contributed by atoms with Crippen molar-refractivity contribution in [3.8, 4) is 5.75 Å². The van der Waals surface area contributed by atoms with Crippen LogP contribution in [0.3, 0.4) is 0 Å². The molecule has 1 aliphatic rings. The Hall–Kier alpha value is -2.84. The molecule has 3 rings (SSSR count). The summed E-state index contributed by atoms with van der Waals surface area (Å²) in [7, 11) is 0. The molecule has 1 fully saturated rings. The summed E-state index contributed by atoms with van der Waals surface area (Å²) in [6.07, 6.45) is 3.70. The van der Waals surface area contributed by atoms with Crippen LogP contribution in [0, 0.1) is 0 Å². The number of hydrogen-bond donors (Lipinski definition) is 2. The zero-order valence-corrected chi connectivity index (χ0v) is 17.5. The lowest BCUT2D eigenvalue weighted by atomic mass is 10.2. The van der Waals surface area contributed by atoms with Gasteiger partial charge in [-0.25, -0.2) is 0 Å². The van der Waals surface area contributed by atoms with E-state index in [2.05, 4.69) is 15.5 Å². The van der Waals surface area contributed by atoms with E-state index in [1.807, 2.05) is 48.5 Å². The number of nitrogens with two attached hydrogens (primary N) is 1. The number of benzene rings is 2. The number of carbonyl (C=O) groups excluding carboxylic acids is 1. The molecule has 2 aromatic rings. The fourth-order valence-corrected chi connectivity index (χ4v) is 3.47. The average Bonchev–Trinajstić information content (AvgIpc) is 3.30. The molecular formula is C22H26N4O3S. The first-order chi connectivity index (χ1) is 14.7. The average molecular weight is 427 g/mol. The SMILES string of the molecule is NC(=NN=Cc1ccccc1OCC(=O)NCC1CCCO1)SCc1ccccc1. The van der Waals surface area contributed by atoms with Crippen molar-refractivity contribution in [2.24, 2.45) is 15.9 Å². The van der Waals surface area contributed by atoms with Gasteiger partial charge in [-0.3, -0.25) is 4.79 Å². The molecule has 8 heteroatoms. The lowest BCUT2D eigenvalue weighted by molar-refractivity contribution is -0.123. The summed E-state index contributed by atoms with van der Waals surface area (Å²) in [5.74, 6) is 1.10. The molecule has 0 aliphatic carbocycles. The van der Waals surface area contributed by atoms with E-state index in [-0.39, 0.29) is 18.6 Å². The number of thioether (sulfide) groups is 1. The van der Waals surface area contributed by atoms with Crippen molar-refractivity contribution in [1.82, 2.24) is 5.32 Å². The molecule has 0 spiro atoms. The molecule has 0 radical (unpaired) electrons. The van der Waals surface area contributed by atoms with Crippen LogP contribution in [0.1, 0.15) is 24.0 Å². The Morgan fingerprint density at radius 1 is 1.23 bits per heavy atom. The minimum absolute atomic E-state index is 0.0735. The van der Waals surface area contributed by atoms with E-state index in [0.717, 1.165) is 25.2 Å². The van der Waals surface area contributed by atoms with Crippen molar-refractivity contribution >= 4 is 29.1 Å². The minimum atomic E-state index is -0.184. The Balaban J connectivity index is 1.47. The molecule has 1 atom stereocenters. The number of amidine groups is 1. The smallest absolute Gasteiger partial charge is 0.258 e. The number of para-hydroxylation sites is 1. The Labute approximate surface area is 180 Å². The summed E-state index contributed by atoms with van der Waals surface area (Å²) in [5, 5.41) is 11.3. The summed E-state index contributed by atoms with van der Waals surface area (Å²) in [5.41, 5.74) is 7.80. The van der Waals surface area contributed by atoms with Crippen LogP contribution in [-0.4, -0.2) is 43.2 Å². The molecular weight excluding hydrogens is 400 g/mol. The maximum Gasteiger partial charge on any atom is 0.258 e. The van der Waals surface area contributed by atoms with Gasteiger partial charge in [0.1, 0.15) is 5.75 Å². The summed E-state index contributed by atoms with van der Waals surface area (Å²) in [6, 6.07) is 17.3. The van der Waals surface area contributed by atoms with Crippen molar-refractivity contribution in [1.29, 1.82) is 0 Å². The van der Waals surface area contributed by atoms with Gasteiger partial charge in [-0.15, -0.1) is 5.10 Å². The summed E-state index contributed by atoms with van der Waals surface area (Å²) >= 11 is 1.42. The van der Waals surface area contributed by atoms with Gasteiger partial charge in [-0.05, 0) is 30.5 Å². The summed E-state index contributed by atoms with van der Waals surface area (Å²) in [6.45, 7) is 1.21. The molecule has 0 saturated carbocycles. The van der Waals surface area contributed by atoms with E-state index < -0.39 is 0 Å². The molecule has 1 aliphatic heterocycles. The molecule has 1 saturated heterocycles. The molecule has 3 N–H and O–H groups in total. The Kier molecular flexibility index (Phi) is 8.74. The maximum absolute atomic E-state index is 12.0. The Morgan fingerprint density at radius 2 is 2.03 bits per heavy atom. The van der Waals surface area contributed by atoms with Crippen LogP contribution in [0.15, 0.2) is 64.8 Å². The van der Waals surface area contributed by atoms with Gasteiger partial charge >= 0.3 is 0 Å². The molecule has 1 amide bonds. The van der Waals surface area contributed by atoms with Crippen molar-refractivity contribution < 1.29 is 14.3 Å². The van der Waals surface area contributed by atoms with E-state index in [1.165, 1.54) is 17.3 Å². The normalized spacial score (nSPS) is 16.7. The van der Waals surface area contributed by atoms with Crippen molar-refractivity contribution in [3.63, 3.8) is 0 Å². The van der Waals surface area contributed by atoms with Gasteiger partial charge in [0.25, 0.3) is 5.91 Å². The van der Waals surface area contributed by atoms with Crippen LogP contribution in [0.2, 0.25) is 0 Å². The van der Waals surface area contributed by atoms with E-state index in [4.69, 9.17) is 15.2 Å². The molecule has 30 heavy (non-hydrogen) atoms. The zero-order chi connectivity index (χ0) is 21.0. The zero-order valence-electron chi connectivity index (χ0n) is 16.7. The van der Waals surface area contributed by atoms with Crippen LogP contribution >= 0.6 is 11.8 Å². The second-order valence-corrected chi connectivity index (χ2v) is 7.72. The van der Waals surface area contributed by atoms with Gasteiger partial charge in [0.2, 0.25) is 0 Å². The fourth-order valence-electron chi connectivity index (χ4n) is 2.85. The standard InChI is InChI=1S/C22H26N4O3S/c23-22(30-16-17-7-2-1-3-8-17)26-25-13-18-9-4-5-11-20(18)29-15-21(27)24-14-19-10-6-12-28-19/h1-5,7-9,11,13,19H,6,10,12,14-16H2,(H2,23,26)(H,24,27). The van der Waals surface area contributed by atoms with Gasteiger partial charge < -0.3 is 20.5 Å². The third-order valence-corrected chi connectivity index (χ3v) is 5.27. The third-order valence-electron chi connectivity index (χ3n) is 4.41. The van der Waals surface area contributed by atoms with Crippen LogP contribution in [0.25, 0.3) is 0 Å². The van der Waals surface area contributed by atoms with Gasteiger partial charge in [0.15, 0.2) is 11.8 Å². The number of rotatable bonds is 9. The van der Waals surface area contributed by atoms with E-state index in [1.54, 1.807) is 12.3 Å². The molecule has 1 heterocycles. The number of carbonyl (C=O) groups is 1. The van der Waals surface area contributed by atoms with E-state index in [0.29, 0.717) is 23.0 Å². The third kappa shape index (κ3) is 7.53. The van der Waals surface area contributed by atoms with Crippen molar-refractivity contribution in [2.75, 3.05) is 19.8 Å². The second-order valence-electron chi connectivity index (χ2n) is 6.72. The van der Waals surface area contributed by atoms with Gasteiger partial charge in [0, 0.05) is 24.5 Å². The number of amides is 1. The number of ether oxygens (including phenoxy) is 2. The molecule has 158 valence electrons. The number of hydrogen-bond acceptors (Lipinski definition) is 6. The largest absolute Gasteiger partial charge is 0.483 e. The van der Waals surface area contributed by atoms with Gasteiger partial charge in [-0.2, -0.15) is 5.10 Å². The predicted octanol–water partition coefficient (Wildman–Crippen LogP) is 2.94. The first-order valence-corrected chi connectivity index (χ1v) is 10.8. The monoisotopic (exact) mass is 426 g/mol. The first-order valence-electron chi connectivity index (χ1n) is 9.84. The van der Waals surface area contributed by atoms with Crippen LogP contribution in [0.5, 0.6) is 5.75 Å². The van der Waals surface area contributed by atoms with Crippen LogP contribution < -0.4 is 15.8 Å². The van der Waals surface area contributed by atoms with Gasteiger partial charge in [0.05, 0.1) is 12.3 Å². The van der Waals surface area contributed by atoms with E-state index >= 15 is 0 Å². The maximum atomic E-state index is 12.0. The molecule has 7 nitrogen and oxygen atoms in total. The Morgan fingerprint density at radius 3 is 2.83 bits per heavy atom. The second kappa shape index (κ2) is 12.0. The van der Waals surface area contributed by atoms with Crippen molar-refractivity contribution in [2.45, 2.75) is 24.7 Å². The van der Waals surface area contributed by atoms with Crippen LogP contribution in [0.4, 0.5) is 0 Å². The van der Waals surface area contributed by atoms with Crippen molar-refractivity contribution in [3.05, 3.63) is 65.7 Å². The summed E-state index contributed by atoms with van der Waals surface area (Å²) in [4.78, 5) is 12.0. The highest BCUT2D eigenvalue weighted by molar-refractivity contribution is 8.13. The van der Waals surface area contributed by atoms with Gasteiger partial charge in [-0.1, -0.05) is 54.2 Å². The van der Waals surface area contributed by atoms with Crippen LogP contribution in [-0.2, 0) is 15.3 Å². The minimum Gasteiger partial charge on any atom is -0.483 e. The molecule has 0 aromatic heterocycles. The molecule has 0 bridgehead atoms. The lowest BCUT2D eigenvalue weighted by Crippen LogP contribution is -2.35. The predicted molar refractivity (Wildman–Crippen MR) is 121 cm³/mol.